The Kier molecular flexibility index (Phi) is 5.57. The fraction of sp³-hybridized carbons (Fsp3) is 0.800. The van der Waals surface area contributed by atoms with E-state index in [1.807, 2.05) is 13.8 Å². The molecule has 0 spiro atoms. The number of rotatable bonds is 7. The van der Waals surface area contributed by atoms with Gasteiger partial charge in [0, 0.05) is 18.9 Å². The van der Waals surface area contributed by atoms with Gasteiger partial charge in [0.15, 0.2) is 6.10 Å². The van der Waals surface area contributed by atoms with Gasteiger partial charge in [-0.1, -0.05) is 13.8 Å². The van der Waals surface area contributed by atoms with Crippen molar-refractivity contribution in [1.29, 1.82) is 0 Å². The number of aliphatic carboxylic acids is 1. The Hall–Kier alpha value is -2.26. The molecule has 2 saturated carbocycles. The van der Waals surface area contributed by atoms with Crippen LogP contribution in [0.3, 0.4) is 0 Å². The third-order valence-corrected chi connectivity index (χ3v) is 6.53. The summed E-state index contributed by atoms with van der Waals surface area (Å²) >= 11 is 0. The number of carboxylic acid groups (broad SMARTS) is 1. The van der Waals surface area contributed by atoms with Crippen molar-refractivity contribution in [3.05, 3.63) is 0 Å². The van der Waals surface area contributed by atoms with Gasteiger partial charge in [-0.05, 0) is 32.1 Å². The van der Waals surface area contributed by atoms with Crippen molar-refractivity contribution in [2.45, 2.75) is 71.3 Å². The minimum atomic E-state index is -4.27. The molecule has 7 unspecified atom stereocenters. The molecular formula is C20H27F2NO7. The summed E-state index contributed by atoms with van der Waals surface area (Å²) in [6.45, 7) is 7.52. The van der Waals surface area contributed by atoms with E-state index in [0.29, 0.717) is 6.42 Å². The van der Waals surface area contributed by atoms with E-state index in [2.05, 4.69) is 0 Å². The standard InChI is InChI=1S/C20H27F2NO7/c1-7(2)16(20(21,22)19(27)28)30-18(26)13-11-6-10-12(13)17(25)23(8(3)4)14(10)15(11)29-9(5)24/h7-8,10-16H,6H2,1-5H3,(H,27,28). The summed E-state index contributed by atoms with van der Waals surface area (Å²) in [6, 6.07) is -0.553. The van der Waals surface area contributed by atoms with Crippen LogP contribution in [0.1, 0.15) is 41.0 Å². The van der Waals surface area contributed by atoms with Crippen molar-refractivity contribution in [3.63, 3.8) is 0 Å². The van der Waals surface area contributed by atoms with Crippen LogP contribution in [0.4, 0.5) is 8.78 Å². The quantitative estimate of drug-likeness (QED) is 0.611. The molecule has 10 heteroatoms. The molecule has 3 fully saturated rings. The zero-order chi connectivity index (χ0) is 22.7. The zero-order valence-corrected chi connectivity index (χ0v) is 17.5. The summed E-state index contributed by atoms with van der Waals surface area (Å²) in [5.41, 5.74) is 0. The average molecular weight is 431 g/mol. The maximum absolute atomic E-state index is 14.2. The number of esters is 2. The van der Waals surface area contributed by atoms with Crippen LogP contribution in [-0.2, 0) is 28.7 Å². The monoisotopic (exact) mass is 431 g/mol. The number of nitrogens with zero attached hydrogens (tertiary/aromatic N) is 1. The van der Waals surface area contributed by atoms with Crippen molar-refractivity contribution < 1.29 is 42.5 Å². The first kappa shape index (κ1) is 22.4. The number of alkyl halides is 2. The van der Waals surface area contributed by atoms with E-state index in [1.54, 1.807) is 4.90 Å². The van der Waals surface area contributed by atoms with E-state index in [1.165, 1.54) is 20.8 Å². The summed E-state index contributed by atoms with van der Waals surface area (Å²) in [5, 5.41) is 8.87. The van der Waals surface area contributed by atoms with Crippen molar-refractivity contribution >= 4 is 23.8 Å². The molecule has 30 heavy (non-hydrogen) atoms. The SMILES string of the molecule is CC(=O)OC1C2CC3C(C(=O)N(C(C)C)C31)C2C(=O)OC(C(C)C)C(F)(F)C(=O)O. The van der Waals surface area contributed by atoms with Gasteiger partial charge in [-0.25, -0.2) is 4.79 Å². The molecule has 1 amide bonds. The van der Waals surface area contributed by atoms with Crippen molar-refractivity contribution in [2.24, 2.45) is 29.6 Å². The van der Waals surface area contributed by atoms with Crippen LogP contribution in [0.5, 0.6) is 0 Å². The van der Waals surface area contributed by atoms with Crippen molar-refractivity contribution in [2.75, 3.05) is 0 Å². The second kappa shape index (κ2) is 7.46. The Morgan fingerprint density at radius 2 is 1.77 bits per heavy atom. The number of carbonyl (C=O) groups excluding carboxylic acids is 3. The second-order valence-electron chi connectivity index (χ2n) is 9.05. The Labute approximate surface area is 172 Å². The molecule has 0 aromatic rings. The highest BCUT2D eigenvalue weighted by Crippen LogP contribution is 2.60. The molecule has 0 radical (unpaired) electrons. The highest BCUT2D eigenvalue weighted by molar-refractivity contribution is 5.90. The summed E-state index contributed by atoms with van der Waals surface area (Å²) in [7, 11) is 0. The number of carboxylic acids is 1. The van der Waals surface area contributed by atoms with Crippen LogP contribution in [0, 0.1) is 29.6 Å². The second-order valence-corrected chi connectivity index (χ2v) is 9.05. The summed E-state index contributed by atoms with van der Waals surface area (Å²) < 4.78 is 38.8. The number of hydrogen-bond acceptors (Lipinski definition) is 6. The van der Waals surface area contributed by atoms with Gasteiger partial charge in [-0.15, -0.1) is 0 Å². The molecule has 0 aromatic carbocycles. The van der Waals surface area contributed by atoms with Crippen LogP contribution in [-0.4, -0.2) is 64.0 Å². The number of fused-ring (bicyclic) bond motifs is 1. The molecule has 0 aromatic heterocycles. The molecule has 7 atom stereocenters. The highest BCUT2D eigenvalue weighted by atomic mass is 19.3. The Bertz CT molecular complexity index is 768. The number of halogens is 2. The summed E-state index contributed by atoms with van der Waals surface area (Å²) in [6.07, 6.45) is -2.47. The van der Waals surface area contributed by atoms with Crippen LogP contribution >= 0.6 is 0 Å². The molecule has 168 valence electrons. The van der Waals surface area contributed by atoms with Crippen LogP contribution in [0.15, 0.2) is 0 Å². The van der Waals surface area contributed by atoms with Gasteiger partial charge in [0.1, 0.15) is 6.10 Å². The molecule has 3 rings (SSSR count). The molecular weight excluding hydrogens is 404 g/mol. The first-order valence-electron chi connectivity index (χ1n) is 10.1. The first-order valence-corrected chi connectivity index (χ1v) is 10.1. The molecule has 1 saturated heterocycles. The van der Waals surface area contributed by atoms with Gasteiger partial charge < -0.3 is 19.5 Å². The number of carbonyl (C=O) groups is 4. The lowest BCUT2D eigenvalue weighted by Gasteiger charge is -2.36. The van der Waals surface area contributed by atoms with E-state index >= 15 is 0 Å². The lowest BCUT2D eigenvalue weighted by Crippen LogP contribution is -2.50. The Balaban J connectivity index is 1.92. The fourth-order valence-electron chi connectivity index (χ4n) is 5.57. The van der Waals surface area contributed by atoms with Crippen LogP contribution < -0.4 is 0 Å². The van der Waals surface area contributed by atoms with Crippen LogP contribution in [0.2, 0.25) is 0 Å². The molecule has 2 bridgehead atoms. The largest absolute Gasteiger partial charge is 0.477 e. The fourth-order valence-corrected chi connectivity index (χ4v) is 5.57. The molecule has 2 aliphatic carbocycles. The minimum Gasteiger partial charge on any atom is -0.477 e. The topological polar surface area (TPSA) is 110 Å². The normalized spacial score (nSPS) is 33.4. The predicted molar refractivity (Wildman–Crippen MR) is 97.2 cm³/mol. The van der Waals surface area contributed by atoms with Gasteiger partial charge in [-0.3, -0.25) is 14.4 Å². The van der Waals surface area contributed by atoms with E-state index in [0.717, 1.165) is 0 Å². The third kappa shape index (κ3) is 3.24. The lowest BCUT2D eigenvalue weighted by atomic mass is 9.78. The lowest BCUT2D eigenvalue weighted by molar-refractivity contribution is -0.204. The number of hydrogen-bond donors (Lipinski definition) is 1. The molecule has 1 aliphatic heterocycles. The van der Waals surface area contributed by atoms with E-state index in [-0.39, 0.29) is 23.9 Å². The number of amides is 1. The zero-order valence-electron chi connectivity index (χ0n) is 17.5. The smallest absolute Gasteiger partial charge is 0.378 e. The van der Waals surface area contributed by atoms with Gasteiger partial charge >= 0.3 is 23.8 Å². The van der Waals surface area contributed by atoms with Gasteiger partial charge in [-0.2, -0.15) is 8.78 Å². The minimum absolute atomic E-state index is 0.193. The Morgan fingerprint density at radius 1 is 1.17 bits per heavy atom. The number of likely N-dealkylation sites (tertiary alicyclic amines) is 1. The summed E-state index contributed by atoms with van der Waals surface area (Å²) in [4.78, 5) is 50.3. The van der Waals surface area contributed by atoms with Crippen molar-refractivity contribution in [3.8, 4) is 0 Å². The van der Waals surface area contributed by atoms with Gasteiger partial charge in [0.2, 0.25) is 5.91 Å². The van der Waals surface area contributed by atoms with E-state index in [9.17, 15) is 28.0 Å². The first-order chi connectivity index (χ1) is 13.8. The van der Waals surface area contributed by atoms with Crippen molar-refractivity contribution in [1.82, 2.24) is 4.90 Å². The predicted octanol–water partition coefficient (Wildman–Crippen LogP) is 1.71. The Morgan fingerprint density at radius 3 is 2.23 bits per heavy atom. The highest BCUT2D eigenvalue weighted by Gasteiger charge is 2.71. The van der Waals surface area contributed by atoms with E-state index in [4.69, 9.17) is 14.6 Å². The van der Waals surface area contributed by atoms with Gasteiger partial charge in [0.05, 0.1) is 17.9 Å². The van der Waals surface area contributed by atoms with Gasteiger partial charge in [0.25, 0.3) is 0 Å². The summed E-state index contributed by atoms with van der Waals surface area (Å²) in [5.74, 6) is -12.1. The molecule has 1 N–H and O–H groups in total. The van der Waals surface area contributed by atoms with E-state index < -0.39 is 59.7 Å². The molecule has 3 aliphatic rings. The molecule has 1 heterocycles. The van der Waals surface area contributed by atoms with Crippen LogP contribution in [0.25, 0.3) is 0 Å². The number of ether oxygens (including phenoxy) is 2. The third-order valence-electron chi connectivity index (χ3n) is 6.53. The maximum Gasteiger partial charge on any atom is 0.378 e. The molecule has 8 nitrogen and oxygen atoms in total. The maximum atomic E-state index is 14.2. The average Bonchev–Trinajstić information content (AvgIpc) is 3.20.